The van der Waals surface area contributed by atoms with Gasteiger partial charge >= 0.3 is 6.03 Å². The molecule has 1 atom stereocenters. The lowest BCUT2D eigenvalue weighted by molar-refractivity contribution is 0.0790. The summed E-state index contributed by atoms with van der Waals surface area (Å²) < 4.78 is 26.7. The van der Waals surface area contributed by atoms with E-state index in [1.807, 2.05) is 11.8 Å². The van der Waals surface area contributed by atoms with Gasteiger partial charge in [-0.25, -0.2) is 19.7 Å². The Morgan fingerprint density at radius 3 is 2.74 bits per heavy atom. The van der Waals surface area contributed by atoms with Gasteiger partial charge in [0, 0.05) is 50.4 Å². The van der Waals surface area contributed by atoms with E-state index in [0.717, 1.165) is 0 Å². The first kappa shape index (κ1) is 21.0. The molecule has 1 aliphatic carbocycles. The number of nitrogen functional groups attached to an aromatic ring is 1. The largest absolute Gasteiger partial charge is 0.472 e. The summed E-state index contributed by atoms with van der Waals surface area (Å²) in [5, 5.41) is 5.31. The fourth-order valence-corrected chi connectivity index (χ4v) is 3.49. The van der Waals surface area contributed by atoms with E-state index in [2.05, 4.69) is 30.6 Å². The van der Waals surface area contributed by atoms with Crippen LogP contribution < -0.4 is 26.0 Å². The summed E-state index contributed by atoms with van der Waals surface area (Å²) in [6.07, 6.45) is 3.67. The Morgan fingerprint density at radius 2 is 2.06 bits per heavy atom. The number of rotatable bonds is 5. The number of nitrogens with two attached hydrogens (primary N) is 1. The molecule has 2 aromatic heterocycles. The molecule has 0 bridgehead atoms. The third-order valence-corrected chi connectivity index (χ3v) is 5.31. The van der Waals surface area contributed by atoms with E-state index in [9.17, 15) is 4.79 Å². The Morgan fingerprint density at radius 1 is 1.32 bits per heavy atom. The number of hydrogen-bond acceptors (Lipinski definition) is 9. The fraction of sp³-hybridized carbons (Fsp3) is 0.526. The molecule has 1 saturated carbocycles. The van der Waals surface area contributed by atoms with Crippen LogP contribution in [-0.2, 0) is 4.74 Å². The molecular weight excluding hydrogens is 407 g/mol. The molecule has 12 heteroatoms. The Balaban J connectivity index is 1.61. The van der Waals surface area contributed by atoms with Crippen molar-refractivity contribution in [2.75, 3.05) is 37.4 Å². The first-order valence-electron chi connectivity index (χ1n) is 10.1. The average molecular weight is 432 g/mol. The summed E-state index contributed by atoms with van der Waals surface area (Å²) in [5.41, 5.74) is 5.97. The minimum absolute atomic E-state index is 0.0208. The van der Waals surface area contributed by atoms with Crippen LogP contribution >= 0.6 is 0 Å². The van der Waals surface area contributed by atoms with Gasteiger partial charge in [0.15, 0.2) is 0 Å². The minimum atomic E-state index is -0.694. The molecular formula is C19H25FN8O3. The lowest BCUT2D eigenvalue weighted by atomic mass is 9.89. The van der Waals surface area contributed by atoms with Gasteiger partial charge < -0.3 is 30.7 Å². The van der Waals surface area contributed by atoms with Crippen LogP contribution in [0.5, 0.6) is 5.88 Å². The van der Waals surface area contributed by atoms with Gasteiger partial charge in [-0.2, -0.15) is 9.37 Å². The highest BCUT2D eigenvalue weighted by atomic mass is 19.1. The highest BCUT2D eigenvalue weighted by molar-refractivity contribution is 5.73. The highest BCUT2D eigenvalue weighted by Crippen LogP contribution is 2.32. The molecule has 0 unspecified atom stereocenters. The summed E-state index contributed by atoms with van der Waals surface area (Å²) in [6.45, 7) is 3.61. The molecule has 2 aliphatic rings. The van der Waals surface area contributed by atoms with Gasteiger partial charge in [-0.3, -0.25) is 0 Å². The smallest absolute Gasteiger partial charge is 0.314 e. The maximum Gasteiger partial charge on any atom is 0.314 e. The summed E-state index contributed by atoms with van der Waals surface area (Å²) in [5.74, 6) is -0.404. The number of carbonyl (C=O) groups is 1. The molecule has 166 valence electrons. The van der Waals surface area contributed by atoms with E-state index in [1.165, 1.54) is 12.4 Å². The second-order valence-electron chi connectivity index (χ2n) is 7.57. The van der Waals surface area contributed by atoms with Crippen molar-refractivity contribution in [1.29, 1.82) is 0 Å². The predicted octanol–water partition coefficient (Wildman–Crippen LogP) is 0.719. The third kappa shape index (κ3) is 4.58. The van der Waals surface area contributed by atoms with Gasteiger partial charge in [0.25, 0.3) is 5.88 Å². The van der Waals surface area contributed by atoms with Crippen LogP contribution in [0.3, 0.4) is 0 Å². The van der Waals surface area contributed by atoms with Crippen molar-refractivity contribution in [3.05, 3.63) is 18.2 Å². The molecule has 3 heterocycles. The van der Waals surface area contributed by atoms with Crippen LogP contribution in [0.4, 0.5) is 21.1 Å². The number of hydrogen-bond donors (Lipinski definition) is 3. The van der Waals surface area contributed by atoms with Gasteiger partial charge in [-0.1, -0.05) is 0 Å². The second kappa shape index (κ2) is 8.84. The molecule has 31 heavy (non-hydrogen) atoms. The number of amides is 2. The van der Waals surface area contributed by atoms with E-state index in [-0.39, 0.29) is 41.7 Å². The van der Waals surface area contributed by atoms with E-state index < -0.39 is 5.82 Å². The van der Waals surface area contributed by atoms with Crippen LogP contribution in [0.15, 0.2) is 12.4 Å². The lowest BCUT2D eigenvalue weighted by Crippen LogP contribution is -2.51. The van der Waals surface area contributed by atoms with Crippen molar-refractivity contribution in [3.8, 4) is 17.1 Å². The number of morpholine rings is 1. The molecule has 1 aliphatic heterocycles. The molecule has 0 aromatic carbocycles. The normalized spacial score (nSPS) is 23.1. The Bertz CT molecular complexity index is 938. The van der Waals surface area contributed by atoms with Crippen LogP contribution in [0, 0.1) is 5.82 Å². The zero-order chi connectivity index (χ0) is 22.0. The number of aromatic nitrogens is 4. The minimum Gasteiger partial charge on any atom is -0.472 e. The van der Waals surface area contributed by atoms with Crippen molar-refractivity contribution >= 4 is 17.9 Å². The Kier molecular flexibility index (Phi) is 5.98. The summed E-state index contributed by atoms with van der Waals surface area (Å²) in [6, 6.07) is -0.267. The van der Waals surface area contributed by atoms with Crippen molar-refractivity contribution in [2.24, 2.45) is 0 Å². The lowest BCUT2D eigenvalue weighted by Gasteiger charge is -2.36. The van der Waals surface area contributed by atoms with Crippen LogP contribution in [0.25, 0.3) is 11.3 Å². The van der Waals surface area contributed by atoms with Crippen molar-refractivity contribution in [1.82, 2.24) is 30.6 Å². The maximum absolute atomic E-state index is 15.3. The molecule has 0 radical (unpaired) electrons. The predicted molar refractivity (Wildman–Crippen MR) is 110 cm³/mol. The number of nitrogens with one attached hydrogen (secondary N) is 2. The van der Waals surface area contributed by atoms with E-state index in [4.69, 9.17) is 15.2 Å². The van der Waals surface area contributed by atoms with Crippen LogP contribution in [0.1, 0.15) is 19.8 Å². The quantitative estimate of drug-likeness (QED) is 0.623. The van der Waals surface area contributed by atoms with Gasteiger partial charge in [-0.05, 0) is 6.92 Å². The molecule has 4 rings (SSSR count). The van der Waals surface area contributed by atoms with Crippen LogP contribution in [-0.4, -0.2) is 71.0 Å². The SMILES string of the molecule is CNC(=O)N[C@H]1C[C@H](Oc2nc(N3CCOC[C@@H]3C)nc(-c3cnc(N)nc3)c2F)C1. The maximum atomic E-state index is 15.3. The number of carbonyl (C=O) groups excluding carboxylic acids is 1. The molecule has 2 amide bonds. The summed E-state index contributed by atoms with van der Waals surface area (Å²) in [4.78, 5) is 30.1. The number of ether oxygens (including phenoxy) is 2. The van der Waals surface area contributed by atoms with E-state index in [0.29, 0.717) is 44.1 Å². The van der Waals surface area contributed by atoms with Gasteiger partial charge in [0.2, 0.25) is 17.7 Å². The Labute approximate surface area is 178 Å². The summed E-state index contributed by atoms with van der Waals surface area (Å²) >= 11 is 0. The molecule has 2 fully saturated rings. The first-order valence-corrected chi connectivity index (χ1v) is 10.1. The first-order chi connectivity index (χ1) is 14.9. The average Bonchev–Trinajstić information content (AvgIpc) is 2.74. The highest BCUT2D eigenvalue weighted by Gasteiger charge is 2.34. The molecule has 1 saturated heterocycles. The van der Waals surface area contributed by atoms with Gasteiger partial charge in [0.05, 0.1) is 19.3 Å². The van der Waals surface area contributed by atoms with Gasteiger partial charge in [0.1, 0.15) is 11.8 Å². The van der Waals surface area contributed by atoms with Crippen molar-refractivity contribution in [3.63, 3.8) is 0 Å². The number of halogens is 1. The zero-order valence-electron chi connectivity index (χ0n) is 17.3. The third-order valence-electron chi connectivity index (χ3n) is 5.31. The zero-order valence-corrected chi connectivity index (χ0v) is 17.3. The number of urea groups is 1. The molecule has 4 N–H and O–H groups in total. The van der Waals surface area contributed by atoms with Crippen molar-refractivity contribution < 1.29 is 18.7 Å². The fourth-order valence-electron chi connectivity index (χ4n) is 3.49. The standard InChI is InChI=1S/C19H25FN8O3/c1-10-9-30-4-3-28(10)18-26-15(11-7-23-17(21)24-8-11)14(20)16(27-18)31-13-5-12(6-13)25-19(29)22-2/h7-8,10,12-13H,3-6,9H2,1-2H3,(H2,21,23,24)(H2,22,25,29)/t10-,12-,13-/m0/s1. The monoisotopic (exact) mass is 432 g/mol. The van der Waals surface area contributed by atoms with E-state index in [1.54, 1.807) is 7.05 Å². The molecule has 11 nitrogen and oxygen atoms in total. The molecule has 0 spiro atoms. The number of nitrogens with zero attached hydrogens (tertiary/aromatic N) is 5. The van der Waals surface area contributed by atoms with Crippen molar-refractivity contribution in [2.45, 2.75) is 38.0 Å². The van der Waals surface area contributed by atoms with Crippen LogP contribution in [0.2, 0.25) is 0 Å². The van der Waals surface area contributed by atoms with E-state index >= 15 is 4.39 Å². The second-order valence-corrected chi connectivity index (χ2v) is 7.57. The number of anilines is 2. The molecule has 2 aromatic rings. The summed E-state index contributed by atoms with van der Waals surface area (Å²) in [7, 11) is 1.55. The topological polar surface area (TPSA) is 140 Å². The van der Waals surface area contributed by atoms with Gasteiger partial charge in [-0.15, -0.1) is 0 Å². The Hall–Kier alpha value is -3.28.